The topological polar surface area (TPSA) is 130 Å². The van der Waals surface area contributed by atoms with Crippen LogP contribution in [0.4, 0.5) is 11.4 Å². The van der Waals surface area contributed by atoms with Crippen molar-refractivity contribution >= 4 is 43.3 Å². The number of methoxy groups -OCH3 is 1. The van der Waals surface area contributed by atoms with Gasteiger partial charge < -0.3 is 9.64 Å². The molecule has 0 amide bonds. The van der Waals surface area contributed by atoms with Gasteiger partial charge in [0.15, 0.2) is 5.71 Å². The van der Waals surface area contributed by atoms with E-state index in [0.29, 0.717) is 12.8 Å². The minimum absolute atomic E-state index is 0.124. The van der Waals surface area contributed by atoms with Crippen LogP contribution in [0, 0.1) is 10.8 Å². The molecular weight excluding hydrogens is 725 g/mol. The van der Waals surface area contributed by atoms with Crippen molar-refractivity contribution < 1.29 is 39.7 Å². The van der Waals surface area contributed by atoms with E-state index in [4.69, 9.17) is 8.92 Å². The minimum atomic E-state index is -4.43. The van der Waals surface area contributed by atoms with Crippen LogP contribution in [0.5, 0.6) is 0 Å². The normalized spacial score (nSPS) is 19.6. The highest BCUT2D eigenvalue weighted by Crippen LogP contribution is 2.51. The molecule has 0 radical (unpaired) electrons. The zero-order chi connectivity index (χ0) is 40.5. The standard InChI is InChI=1S/C42H60N2O8S2/c1-12-25-43-34-21-19-31(54(49,50)52-11)28-32(34)41(7,8)36(43)29-39(3,4)23-24-40(5,6)38-42(9,22-16-14-15-17-37(45)51-10)33-27-30(53(46,47)48)18-20-35(33)44(38)26-13-2/h18-21,23-24,27-29H,12-17,22,25-26H2,1-11H3/p+1. The van der Waals surface area contributed by atoms with Crippen molar-refractivity contribution in [3.05, 3.63) is 71.5 Å². The zero-order valence-electron chi connectivity index (χ0n) is 34.1. The Morgan fingerprint density at radius 2 is 1.54 bits per heavy atom. The molecule has 2 aromatic rings. The Morgan fingerprint density at radius 1 is 0.889 bits per heavy atom. The summed E-state index contributed by atoms with van der Waals surface area (Å²) in [5, 5.41) is 0. The molecule has 1 N–H and O–H groups in total. The fourth-order valence-corrected chi connectivity index (χ4v) is 9.62. The quantitative estimate of drug-likeness (QED) is 0.0418. The highest BCUT2D eigenvalue weighted by atomic mass is 32.2. The molecular formula is C42H61N2O8S2+. The molecule has 1 atom stereocenters. The summed E-state index contributed by atoms with van der Waals surface area (Å²) in [7, 11) is -5.72. The molecule has 2 aliphatic rings. The van der Waals surface area contributed by atoms with E-state index in [-0.39, 0.29) is 15.8 Å². The van der Waals surface area contributed by atoms with Crippen molar-refractivity contribution in [1.82, 2.24) is 0 Å². The molecule has 0 spiro atoms. The van der Waals surface area contributed by atoms with Crippen LogP contribution in [0.3, 0.4) is 0 Å². The van der Waals surface area contributed by atoms with E-state index in [0.717, 1.165) is 79.1 Å². The molecule has 12 heteroatoms. The van der Waals surface area contributed by atoms with Gasteiger partial charge in [-0.1, -0.05) is 72.6 Å². The zero-order valence-corrected chi connectivity index (χ0v) is 35.7. The summed E-state index contributed by atoms with van der Waals surface area (Å²) in [6.07, 6.45) is 11.9. The number of ether oxygens (including phenoxy) is 1. The number of anilines is 1. The van der Waals surface area contributed by atoms with Gasteiger partial charge in [-0.05, 0) is 75.9 Å². The molecule has 0 bridgehead atoms. The lowest BCUT2D eigenvalue weighted by Gasteiger charge is -2.33. The molecule has 0 saturated heterocycles. The average molecular weight is 786 g/mol. The monoisotopic (exact) mass is 785 g/mol. The number of carbonyl (C=O) groups excluding carboxylic acids is 1. The SMILES string of the molecule is CCCN1C(=CC(C)(C)C=CC(C)(C)C2=[N+](CCC)c3ccc(S(=O)(=O)O)cc3C2(C)CCCCCC(=O)OC)C(C)(C)c2cc(S(=O)(=O)OC)ccc21. The number of carbonyl (C=O) groups is 1. The van der Waals surface area contributed by atoms with Crippen molar-refractivity contribution in [3.63, 3.8) is 0 Å². The van der Waals surface area contributed by atoms with Crippen LogP contribution in [0.25, 0.3) is 0 Å². The van der Waals surface area contributed by atoms with E-state index in [9.17, 15) is 26.2 Å². The summed E-state index contributed by atoms with van der Waals surface area (Å²) in [6.45, 7) is 20.9. The van der Waals surface area contributed by atoms with Gasteiger partial charge in [-0.3, -0.25) is 13.5 Å². The van der Waals surface area contributed by atoms with Gasteiger partial charge in [0, 0.05) is 53.2 Å². The van der Waals surface area contributed by atoms with Gasteiger partial charge in [-0.2, -0.15) is 21.4 Å². The lowest BCUT2D eigenvalue weighted by molar-refractivity contribution is -0.442. The van der Waals surface area contributed by atoms with Gasteiger partial charge >= 0.3 is 5.97 Å². The summed E-state index contributed by atoms with van der Waals surface area (Å²) in [5.41, 5.74) is 4.00. The number of nitrogens with zero attached hydrogens (tertiary/aromatic N) is 2. The smallest absolute Gasteiger partial charge is 0.305 e. The number of esters is 1. The molecule has 0 fully saturated rings. The lowest BCUT2D eigenvalue weighted by atomic mass is 9.66. The molecule has 0 aromatic heterocycles. The van der Waals surface area contributed by atoms with Gasteiger partial charge in [0.2, 0.25) is 5.69 Å². The van der Waals surface area contributed by atoms with Crippen LogP contribution in [-0.2, 0) is 44.8 Å². The van der Waals surface area contributed by atoms with E-state index >= 15 is 0 Å². The lowest BCUT2D eigenvalue weighted by Crippen LogP contribution is -2.42. The predicted octanol–water partition coefficient (Wildman–Crippen LogP) is 8.86. The summed E-state index contributed by atoms with van der Waals surface area (Å²) in [4.78, 5) is 14.1. The highest BCUT2D eigenvalue weighted by molar-refractivity contribution is 7.86. The van der Waals surface area contributed by atoms with Crippen molar-refractivity contribution in [2.24, 2.45) is 10.8 Å². The molecule has 2 aromatic carbocycles. The average Bonchev–Trinajstić information content (AvgIpc) is 3.46. The number of fused-ring (bicyclic) bond motifs is 2. The fraction of sp³-hybridized carbons (Fsp3) is 0.571. The maximum absolute atomic E-state index is 12.7. The molecule has 54 heavy (non-hydrogen) atoms. The van der Waals surface area contributed by atoms with Gasteiger partial charge in [-0.15, -0.1) is 0 Å². The van der Waals surface area contributed by atoms with Crippen LogP contribution < -0.4 is 4.90 Å². The maximum Gasteiger partial charge on any atom is 0.305 e. The number of unbranched alkanes of at least 4 members (excludes halogenated alkanes) is 2. The summed E-state index contributed by atoms with van der Waals surface area (Å²) in [6, 6.07) is 10.2. The van der Waals surface area contributed by atoms with Crippen LogP contribution in [-0.4, -0.2) is 65.0 Å². The highest BCUT2D eigenvalue weighted by Gasteiger charge is 2.54. The first-order valence-corrected chi connectivity index (χ1v) is 21.9. The Balaban J connectivity index is 1.80. The van der Waals surface area contributed by atoms with Crippen LogP contribution in [0.1, 0.15) is 118 Å². The summed E-state index contributed by atoms with van der Waals surface area (Å²) >= 11 is 0. The third kappa shape index (κ3) is 8.72. The molecule has 10 nitrogen and oxygen atoms in total. The molecule has 1 unspecified atom stereocenters. The first-order chi connectivity index (χ1) is 25.0. The molecule has 2 heterocycles. The molecule has 0 aliphatic carbocycles. The van der Waals surface area contributed by atoms with E-state index in [1.807, 2.05) is 12.1 Å². The fourth-order valence-electron chi connectivity index (χ4n) is 8.43. The van der Waals surface area contributed by atoms with E-state index in [1.165, 1.54) is 20.3 Å². The van der Waals surface area contributed by atoms with E-state index in [1.54, 1.807) is 18.2 Å². The van der Waals surface area contributed by atoms with Crippen LogP contribution >= 0.6 is 0 Å². The number of hydrogen-bond acceptors (Lipinski definition) is 8. The molecule has 0 saturated carbocycles. The second kappa shape index (κ2) is 16.0. The van der Waals surface area contributed by atoms with Crippen molar-refractivity contribution in [1.29, 1.82) is 0 Å². The molecule has 298 valence electrons. The second-order valence-corrected chi connectivity index (χ2v) is 19.7. The Morgan fingerprint density at radius 3 is 2.13 bits per heavy atom. The number of hydrogen-bond donors (Lipinski definition) is 1. The first-order valence-electron chi connectivity index (χ1n) is 19.0. The van der Waals surface area contributed by atoms with Gasteiger partial charge in [0.05, 0.1) is 34.8 Å². The third-order valence-corrected chi connectivity index (χ3v) is 13.2. The van der Waals surface area contributed by atoms with Gasteiger partial charge in [-0.25, -0.2) is 0 Å². The first kappa shape index (κ1) is 43.4. The number of benzene rings is 2. The maximum atomic E-state index is 12.7. The van der Waals surface area contributed by atoms with E-state index < -0.39 is 41.9 Å². The summed E-state index contributed by atoms with van der Waals surface area (Å²) in [5.74, 6) is -0.234. The second-order valence-electron chi connectivity index (χ2n) is 16.6. The Bertz CT molecular complexity index is 2060. The summed E-state index contributed by atoms with van der Waals surface area (Å²) < 4.78 is 72.1. The van der Waals surface area contributed by atoms with Crippen LogP contribution in [0.2, 0.25) is 0 Å². The predicted molar refractivity (Wildman–Crippen MR) is 215 cm³/mol. The van der Waals surface area contributed by atoms with Crippen molar-refractivity contribution in [2.45, 2.75) is 128 Å². The number of allylic oxidation sites excluding steroid dienone is 4. The van der Waals surface area contributed by atoms with Crippen LogP contribution in [0.15, 0.2) is 70.1 Å². The van der Waals surface area contributed by atoms with Gasteiger partial charge in [0.1, 0.15) is 6.54 Å². The molecule has 4 rings (SSSR count). The van der Waals surface area contributed by atoms with Crippen molar-refractivity contribution in [2.75, 3.05) is 32.2 Å². The van der Waals surface area contributed by atoms with Crippen molar-refractivity contribution in [3.8, 4) is 0 Å². The Hall–Kier alpha value is -3.32. The Labute approximate surface area is 324 Å². The van der Waals surface area contributed by atoms with E-state index in [2.05, 4.69) is 90.0 Å². The third-order valence-electron chi connectivity index (χ3n) is 11.0. The minimum Gasteiger partial charge on any atom is -0.469 e. The largest absolute Gasteiger partial charge is 0.469 e. The number of rotatable bonds is 17. The molecule has 2 aliphatic heterocycles. The van der Waals surface area contributed by atoms with Gasteiger partial charge in [0.25, 0.3) is 20.2 Å². The Kier molecular flexibility index (Phi) is 12.9.